The number of para-hydroxylation sites is 1. The summed E-state index contributed by atoms with van der Waals surface area (Å²) in [5.74, 6) is -1.16. The van der Waals surface area contributed by atoms with Gasteiger partial charge in [0.15, 0.2) is 5.13 Å². The first-order valence-corrected chi connectivity index (χ1v) is 9.79. The molecule has 2 amide bonds. The molecule has 1 N–H and O–H groups in total. The Morgan fingerprint density at radius 1 is 1.14 bits per heavy atom. The number of nitrogens with one attached hydrogen (secondary N) is 1. The van der Waals surface area contributed by atoms with Crippen molar-refractivity contribution in [1.29, 1.82) is 0 Å². The summed E-state index contributed by atoms with van der Waals surface area (Å²) in [6.45, 7) is 5.28. The van der Waals surface area contributed by atoms with Gasteiger partial charge in [0.1, 0.15) is 5.82 Å². The van der Waals surface area contributed by atoms with Crippen LogP contribution in [-0.2, 0) is 9.59 Å². The van der Waals surface area contributed by atoms with E-state index in [0.717, 1.165) is 16.8 Å². The minimum absolute atomic E-state index is 0.137. The molecule has 1 aromatic heterocycles. The van der Waals surface area contributed by atoms with Crippen LogP contribution in [0.2, 0.25) is 0 Å². The van der Waals surface area contributed by atoms with Crippen LogP contribution >= 0.6 is 11.3 Å². The fourth-order valence-corrected chi connectivity index (χ4v) is 3.74. The Hall–Kier alpha value is -3.32. The fourth-order valence-electron chi connectivity index (χ4n) is 2.89. The maximum absolute atomic E-state index is 14.1. The molecule has 0 atom stereocenters. The second-order valence-electron chi connectivity index (χ2n) is 6.56. The van der Waals surface area contributed by atoms with Gasteiger partial charge in [0, 0.05) is 24.1 Å². The van der Waals surface area contributed by atoms with Crippen molar-refractivity contribution in [3.63, 3.8) is 0 Å². The molecule has 0 bridgehead atoms. The lowest BCUT2D eigenvalue weighted by atomic mass is 10.1. The summed E-state index contributed by atoms with van der Waals surface area (Å²) in [4.78, 5) is 29.8. The van der Waals surface area contributed by atoms with Gasteiger partial charge >= 0.3 is 0 Å². The van der Waals surface area contributed by atoms with Crippen LogP contribution in [0, 0.1) is 19.7 Å². The summed E-state index contributed by atoms with van der Waals surface area (Å²) in [5, 5.41) is 4.84. The monoisotopic (exact) mass is 409 g/mol. The molecule has 5 nitrogen and oxygen atoms in total. The van der Waals surface area contributed by atoms with Gasteiger partial charge in [-0.3, -0.25) is 14.5 Å². The normalized spacial score (nSPS) is 10.9. The van der Waals surface area contributed by atoms with Crippen molar-refractivity contribution in [1.82, 2.24) is 4.98 Å². The molecule has 2 aromatic carbocycles. The maximum atomic E-state index is 14.1. The van der Waals surface area contributed by atoms with E-state index in [-0.39, 0.29) is 17.5 Å². The van der Waals surface area contributed by atoms with Gasteiger partial charge in [0.05, 0.1) is 11.4 Å². The Morgan fingerprint density at radius 2 is 1.83 bits per heavy atom. The van der Waals surface area contributed by atoms with Crippen molar-refractivity contribution >= 4 is 45.7 Å². The largest absolute Gasteiger partial charge is 0.322 e. The van der Waals surface area contributed by atoms with Crippen molar-refractivity contribution < 1.29 is 14.0 Å². The molecule has 0 aliphatic rings. The maximum Gasteiger partial charge on any atom is 0.248 e. The highest BCUT2D eigenvalue weighted by atomic mass is 32.1. The zero-order valence-corrected chi connectivity index (χ0v) is 17.1. The molecular weight excluding hydrogens is 389 g/mol. The number of thiazole rings is 1. The first-order valence-electron chi connectivity index (χ1n) is 8.91. The number of carbonyl (C=O) groups excluding carboxylic acids is 2. The molecule has 0 fully saturated rings. The van der Waals surface area contributed by atoms with Crippen LogP contribution in [0.4, 0.5) is 20.9 Å². The van der Waals surface area contributed by atoms with Crippen LogP contribution < -0.4 is 10.2 Å². The van der Waals surface area contributed by atoms with Gasteiger partial charge in [0.25, 0.3) is 0 Å². The highest BCUT2D eigenvalue weighted by Gasteiger charge is 2.20. The van der Waals surface area contributed by atoms with Gasteiger partial charge in [0.2, 0.25) is 11.8 Å². The molecule has 29 heavy (non-hydrogen) atoms. The van der Waals surface area contributed by atoms with Gasteiger partial charge in [-0.2, -0.15) is 0 Å². The zero-order chi connectivity index (χ0) is 21.0. The van der Waals surface area contributed by atoms with Crippen molar-refractivity contribution in [2.45, 2.75) is 20.8 Å². The molecule has 3 rings (SSSR count). The number of rotatable bonds is 5. The summed E-state index contributed by atoms with van der Waals surface area (Å²) < 4.78 is 14.1. The molecule has 0 aliphatic carbocycles. The van der Waals surface area contributed by atoms with E-state index < -0.39 is 5.82 Å². The van der Waals surface area contributed by atoms with Gasteiger partial charge in [-0.1, -0.05) is 18.2 Å². The fraction of sp³-hybridized carbons (Fsp3) is 0.136. The number of aryl methyl sites for hydroxylation is 2. The summed E-state index contributed by atoms with van der Waals surface area (Å²) in [6, 6.07) is 11.8. The number of benzene rings is 2. The van der Waals surface area contributed by atoms with Gasteiger partial charge < -0.3 is 5.32 Å². The predicted molar refractivity (Wildman–Crippen MR) is 115 cm³/mol. The van der Waals surface area contributed by atoms with Crippen LogP contribution in [0.3, 0.4) is 0 Å². The van der Waals surface area contributed by atoms with E-state index in [2.05, 4.69) is 10.3 Å². The standard InChI is InChI=1S/C22H20FN3O2S/c1-14-10-15(2)12-18(11-14)24-21(28)9-8-17-13-29-22(25-17)26(16(3)27)20-7-5-4-6-19(20)23/h4-13H,1-3H3,(H,24,28)/b9-8+. The van der Waals surface area contributed by atoms with Crippen LogP contribution in [-0.4, -0.2) is 16.8 Å². The van der Waals surface area contributed by atoms with Crippen LogP contribution in [0.15, 0.2) is 53.9 Å². The first-order chi connectivity index (χ1) is 13.8. The number of halogens is 1. The summed E-state index contributed by atoms with van der Waals surface area (Å²) in [6.07, 6.45) is 2.93. The Balaban J connectivity index is 1.75. The highest BCUT2D eigenvalue weighted by molar-refractivity contribution is 7.14. The molecule has 148 valence electrons. The lowest BCUT2D eigenvalue weighted by molar-refractivity contribution is -0.116. The van der Waals surface area contributed by atoms with Crippen molar-refractivity contribution in [3.8, 4) is 0 Å². The topological polar surface area (TPSA) is 62.3 Å². The van der Waals surface area contributed by atoms with Crippen LogP contribution in [0.5, 0.6) is 0 Å². The Kier molecular flexibility index (Phi) is 6.19. The van der Waals surface area contributed by atoms with E-state index in [9.17, 15) is 14.0 Å². The lowest BCUT2D eigenvalue weighted by Gasteiger charge is -2.18. The molecule has 3 aromatic rings. The second kappa shape index (κ2) is 8.79. The molecule has 0 radical (unpaired) electrons. The van der Waals surface area contributed by atoms with Crippen LogP contribution in [0.25, 0.3) is 6.08 Å². The minimum Gasteiger partial charge on any atom is -0.322 e. The number of aromatic nitrogens is 1. The van der Waals surface area contributed by atoms with Crippen molar-refractivity contribution in [3.05, 3.63) is 76.6 Å². The first kappa shape index (κ1) is 20.4. The van der Waals surface area contributed by atoms with E-state index in [4.69, 9.17) is 0 Å². The van der Waals surface area contributed by atoms with Gasteiger partial charge in [-0.15, -0.1) is 11.3 Å². The number of nitrogens with zero attached hydrogens (tertiary/aromatic N) is 2. The zero-order valence-electron chi connectivity index (χ0n) is 16.3. The molecule has 7 heteroatoms. The number of hydrogen-bond donors (Lipinski definition) is 1. The van der Waals surface area contributed by atoms with Gasteiger partial charge in [-0.05, 0) is 55.3 Å². The highest BCUT2D eigenvalue weighted by Crippen LogP contribution is 2.31. The Bertz CT molecular complexity index is 1070. The Labute approximate surface area is 172 Å². The molecule has 0 unspecified atom stereocenters. The quantitative estimate of drug-likeness (QED) is 0.587. The predicted octanol–water partition coefficient (Wildman–Crippen LogP) is 5.24. The molecule has 1 heterocycles. The Morgan fingerprint density at radius 3 is 2.48 bits per heavy atom. The minimum atomic E-state index is -0.511. The SMILES string of the molecule is CC(=O)N(c1nc(/C=C/C(=O)Nc2cc(C)cc(C)c2)cs1)c1ccccc1F. The number of carbonyl (C=O) groups is 2. The summed E-state index contributed by atoms with van der Waals surface area (Å²) in [7, 11) is 0. The molecule has 0 spiro atoms. The number of hydrogen-bond acceptors (Lipinski definition) is 4. The molecule has 0 saturated heterocycles. The average Bonchev–Trinajstić information content (AvgIpc) is 3.09. The van der Waals surface area contributed by atoms with Crippen molar-refractivity contribution in [2.75, 3.05) is 10.2 Å². The lowest BCUT2D eigenvalue weighted by Crippen LogP contribution is -2.23. The molecular formula is C22H20FN3O2S. The summed E-state index contributed by atoms with van der Waals surface area (Å²) in [5.41, 5.74) is 3.48. The number of amides is 2. The van der Waals surface area contributed by atoms with E-state index >= 15 is 0 Å². The third-order valence-electron chi connectivity index (χ3n) is 4.00. The third kappa shape index (κ3) is 5.14. The van der Waals surface area contributed by atoms with E-state index in [1.807, 2.05) is 32.0 Å². The second-order valence-corrected chi connectivity index (χ2v) is 7.40. The number of anilines is 3. The van der Waals surface area contributed by atoms with Gasteiger partial charge in [-0.25, -0.2) is 9.37 Å². The van der Waals surface area contributed by atoms with E-state index in [1.54, 1.807) is 23.6 Å². The third-order valence-corrected chi connectivity index (χ3v) is 4.85. The smallest absolute Gasteiger partial charge is 0.248 e. The van der Waals surface area contributed by atoms with E-state index in [0.29, 0.717) is 10.8 Å². The summed E-state index contributed by atoms with van der Waals surface area (Å²) >= 11 is 1.19. The van der Waals surface area contributed by atoms with E-state index in [1.165, 1.54) is 41.4 Å². The average molecular weight is 409 g/mol. The van der Waals surface area contributed by atoms with Crippen molar-refractivity contribution in [2.24, 2.45) is 0 Å². The molecule has 0 aliphatic heterocycles. The molecule has 0 saturated carbocycles. The van der Waals surface area contributed by atoms with Crippen LogP contribution in [0.1, 0.15) is 23.7 Å².